The van der Waals surface area contributed by atoms with Crippen molar-refractivity contribution in [2.45, 2.75) is 94.2 Å². The van der Waals surface area contributed by atoms with E-state index >= 15 is 0 Å². The molecule has 2 unspecified atom stereocenters. The van der Waals surface area contributed by atoms with Gasteiger partial charge in [0, 0.05) is 17.4 Å². The van der Waals surface area contributed by atoms with E-state index in [2.05, 4.69) is 4.57 Å². The van der Waals surface area contributed by atoms with Gasteiger partial charge in [-0.15, -0.1) is 10.2 Å². The fourth-order valence-corrected chi connectivity index (χ4v) is 8.93. The predicted molar refractivity (Wildman–Crippen MR) is 105 cm³/mol. The molecule has 5 nitrogen and oxygen atoms in total. The van der Waals surface area contributed by atoms with E-state index in [0.29, 0.717) is 5.41 Å². The molecule has 1 aromatic heterocycles. The average molecular weight is 438 g/mol. The molecule has 1 N–H and O–H groups in total. The molecule has 2 aliphatic heterocycles. The summed E-state index contributed by atoms with van der Waals surface area (Å²) in [5, 5.41) is 17.0. The molecule has 0 radical (unpaired) electrons. The fourth-order valence-electron chi connectivity index (χ4n) is 8.93. The van der Waals surface area contributed by atoms with Gasteiger partial charge in [0.15, 0.2) is 0 Å². The highest BCUT2D eigenvalue weighted by molar-refractivity contribution is 5.73. The quantitative estimate of drug-likeness (QED) is 0.653. The maximum absolute atomic E-state index is 10.6. The number of aliphatic carboxylic acids is 1. The molecule has 0 amide bonds. The number of carboxylic acid groups (broad SMARTS) is 1. The molecule has 0 saturated heterocycles. The first-order chi connectivity index (χ1) is 14.7. The van der Waals surface area contributed by atoms with E-state index in [-0.39, 0.29) is 0 Å². The minimum atomic E-state index is -5.08. The molecule has 31 heavy (non-hydrogen) atoms. The molecule has 0 aromatic carbocycles. The van der Waals surface area contributed by atoms with E-state index < -0.39 is 12.1 Å². The molecular weight excluding hydrogens is 407 g/mol. The Hall–Kier alpha value is -1.60. The van der Waals surface area contributed by atoms with Gasteiger partial charge in [0.05, 0.1) is 0 Å². The lowest BCUT2D eigenvalue weighted by molar-refractivity contribution is -0.192. The number of carbonyl (C=O) groups is 1. The first-order valence-corrected chi connectivity index (χ1v) is 12.0. The van der Waals surface area contributed by atoms with Gasteiger partial charge in [-0.05, 0) is 100 Å². The highest BCUT2D eigenvalue weighted by Gasteiger charge is 2.55. The maximum Gasteiger partial charge on any atom is 0.490 e. The molecule has 6 saturated carbocycles. The second-order valence-corrected chi connectivity index (χ2v) is 11.5. The number of hydrogen-bond donors (Lipinski definition) is 1. The Morgan fingerprint density at radius 1 is 0.839 bits per heavy atom. The van der Waals surface area contributed by atoms with Crippen LogP contribution in [0.3, 0.4) is 0 Å². The molecule has 3 heterocycles. The van der Waals surface area contributed by atoms with Crippen LogP contribution in [-0.2, 0) is 10.2 Å². The molecule has 170 valence electrons. The summed E-state index contributed by atoms with van der Waals surface area (Å²) in [6.45, 7) is 0. The van der Waals surface area contributed by atoms with Crippen molar-refractivity contribution < 1.29 is 23.1 Å². The van der Waals surface area contributed by atoms with E-state index in [9.17, 15) is 13.2 Å². The predicted octanol–water partition coefficient (Wildman–Crippen LogP) is 5.23. The SMILES string of the molecule is C1C2CC3CC1CC(C2)n1c3nnc1C12CC3CC(CC(C3)C1)C2.O=C(O)C(F)(F)F. The first kappa shape index (κ1) is 20.0. The summed E-state index contributed by atoms with van der Waals surface area (Å²) in [6.07, 6.45) is 11.0. The highest BCUT2D eigenvalue weighted by atomic mass is 19.4. The van der Waals surface area contributed by atoms with Gasteiger partial charge in [0.1, 0.15) is 11.6 Å². The Kier molecular flexibility index (Phi) is 4.33. The van der Waals surface area contributed by atoms with Gasteiger partial charge in [-0.3, -0.25) is 0 Å². The number of rotatable bonds is 1. The Morgan fingerprint density at radius 2 is 1.32 bits per heavy atom. The second-order valence-electron chi connectivity index (χ2n) is 11.5. The normalized spacial score (nSPS) is 43.9. The second kappa shape index (κ2) is 6.70. The summed E-state index contributed by atoms with van der Waals surface area (Å²) in [4.78, 5) is 8.90. The largest absolute Gasteiger partial charge is 0.490 e. The molecule has 8 aliphatic rings. The number of halogens is 3. The monoisotopic (exact) mass is 437 g/mol. The van der Waals surface area contributed by atoms with Crippen molar-refractivity contribution in [3.63, 3.8) is 0 Å². The smallest absolute Gasteiger partial charge is 0.475 e. The third-order valence-corrected chi connectivity index (χ3v) is 9.32. The van der Waals surface area contributed by atoms with E-state index in [1.165, 1.54) is 82.3 Å². The molecular formula is C23H30F3N3O2. The van der Waals surface area contributed by atoms with E-state index in [0.717, 1.165) is 41.5 Å². The van der Waals surface area contributed by atoms with E-state index in [1.54, 1.807) is 0 Å². The van der Waals surface area contributed by atoms with E-state index in [1.807, 2.05) is 0 Å². The molecule has 6 aliphatic carbocycles. The third kappa shape index (κ3) is 3.22. The topological polar surface area (TPSA) is 68.0 Å². The van der Waals surface area contributed by atoms with Crippen LogP contribution in [0.25, 0.3) is 0 Å². The summed E-state index contributed by atoms with van der Waals surface area (Å²) >= 11 is 0. The van der Waals surface area contributed by atoms with Gasteiger partial charge in [0.2, 0.25) is 0 Å². The number of aromatic nitrogens is 3. The van der Waals surface area contributed by atoms with Crippen LogP contribution in [0.2, 0.25) is 0 Å². The van der Waals surface area contributed by atoms with Crippen molar-refractivity contribution >= 4 is 5.97 Å². The molecule has 9 rings (SSSR count). The molecule has 0 spiro atoms. The number of alkyl halides is 3. The van der Waals surface area contributed by atoms with Gasteiger partial charge in [-0.25, -0.2) is 4.79 Å². The molecule has 6 fully saturated rings. The molecule has 8 heteroatoms. The zero-order chi connectivity index (χ0) is 21.5. The number of hydrogen-bond acceptors (Lipinski definition) is 3. The van der Waals surface area contributed by atoms with Crippen LogP contribution in [0.4, 0.5) is 13.2 Å². The lowest BCUT2D eigenvalue weighted by Gasteiger charge is -2.56. The van der Waals surface area contributed by atoms with Crippen LogP contribution in [0.5, 0.6) is 0 Å². The van der Waals surface area contributed by atoms with Crippen molar-refractivity contribution in [1.29, 1.82) is 0 Å². The fraction of sp³-hybridized carbons (Fsp3) is 0.870. The van der Waals surface area contributed by atoms with Crippen molar-refractivity contribution in [2.24, 2.45) is 29.6 Å². The molecule has 1 aromatic rings. The lowest BCUT2D eigenvalue weighted by atomic mass is 9.49. The van der Waals surface area contributed by atoms with Crippen molar-refractivity contribution in [3.05, 3.63) is 11.6 Å². The summed E-state index contributed by atoms with van der Waals surface area (Å²) in [5.74, 6) is 5.83. The van der Waals surface area contributed by atoms with E-state index in [4.69, 9.17) is 20.1 Å². The standard InChI is InChI=1S/C21H29N3.C2HF3O2/c1-12-5-17-6-13(1)8-18(7-12)24-19(17)22-23-20(24)21-9-14-2-15(10-21)4-16(3-14)11-21;3-2(4,5)1(6)7/h12-18H,1-11H2;(H,6,7). The van der Waals surface area contributed by atoms with Crippen LogP contribution < -0.4 is 0 Å². The number of nitrogens with zero attached hydrogens (tertiary/aromatic N) is 3. The summed E-state index contributed by atoms with van der Waals surface area (Å²) in [6, 6.07) is 0.745. The van der Waals surface area contributed by atoms with Crippen molar-refractivity contribution in [3.8, 4) is 0 Å². The third-order valence-electron chi connectivity index (χ3n) is 9.32. The maximum atomic E-state index is 10.6. The van der Waals surface area contributed by atoms with Gasteiger partial charge in [-0.2, -0.15) is 13.2 Å². The average Bonchev–Trinajstić information content (AvgIpc) is 3.05. The molecule has 2 atom stereocenters. The number of carboxylic acids is 1. The highest BCUT2D eigenvalue weighted by Crippen LogP contribution is 2.62. The Labute approximate surface area is 179 Å². The van der Waals surface area contributed by atoms with Crippen LogP contribution in [-0.4, -0.2) is 32.0 Å². The van der Waals surface area contributed by atoms with Crippen molar-refractivity contribution in [1.82, 2.24) is 14.8 Å². The summed E-state index contributed by atoms with van der Waals surface area (Å²) < 4.78 is 34.5. The molecule has 8 bridgehead atoms. The van der Waals surface area contributed by atoms with Crippen LogP contribution in [0.1, 0.15) is 94.2 Å². The summed E-state index contributed by atoms with van der Waals surface area (Å²) in [5.41, 5.74) is 0.418. The summed E-state index contributed by atoms with van der Waals surface area (Å²) in [7, 11) is 0. The van der Waals surface area contributed by atoms with Crippen molar-refractivity contribution in [2.75, 3.05) is 0 Å². The zero-order valence-electron chi connectivity index (χ0n) is 17.7. The minimum absolute atomic E-state index is 0.418. The first-order valence-electron chi connectivity index (χ1n) is 12.0. The van der Waals surface area contributed by atoms with Gasteiger partial charge in [-0.1, -0.05) is 0 Å². The van der Waals surface area contributed by atoms with Crippen LogP contribution in [0.15, 0.2) is 0 Å². The van der Waals surface area contributed by atoms with Gasteiger partial charge < -0.3 is 9.67 Å². The minimum Gasteiger partial charge on any atom is -0.475 e. The van der Waals surface area contributed by atoms with Crippen LogP contribution in [0, 0.1) is 29.6 Å². The lowest BCUT2D eigenvalue weighted by Crippen LogP contribution is -2.50. The zero-order valence-corrected chi connectivity index (χ0v) is 17.7. The van der Waals surface area contributed by atoms with Crippen LogP contribution >= 0.6 is 0 Å². The van der Waals surface area contributed by atoms with Gasteiger partial charge in [0.25, 0.3) is 0 Å². The Balaban J connectivity index is 0.000000233. The Morgan fingerprint density at radius 3 is 1.81 bits per heavy atom. The van der Waals surface area contributed by atoms with Gasteiger partial charge >= 0.3 is 12.1 Å². The Bertz CT molecular complexity index is 846.